The SMILES string of the molecule is Cc1ccc(CN(CC(=O)O)CC2CC2)c(Br)c1. The molecule has 1 fully saturated rings. The average Bonchev–Trinajstić information content (AvgIpc) is 3.05. The van der Waals surface area contributed by atoms with E-state index in [2.05, 4.69) is 34.1 Å². The van der Waals surface area contributed by atoms with Gasteiger partial charge in [-0.25, -0.2) is 0 Å². The van der Waals surface area contributed by atoms with Gasteiger partial charge in [0.2, 0.25) is 0 Å². The molecule has 1 aromatic carbocycles. The Morgan fingerprint density at radius 3 is 2.78 bits per heavy atom. The fourth-order valence-electron chi connectivity index (χ4n) is 2.06. The molecule has 0 radical (unpaired) electrons. The number of hydrogen-bond acceptors (Lipinski definition) is 2. The maximum atomic E-state index is 10.9. The Hall–Kier alpha value is -0.870. The molecular formula is C14H18BrNO2. The summed E-state index contributed by atoms with van der Waals surface area (Å²) in [7, 11) is 0. The summed E-state index contributed by atoms with van der Waals surface area (Å²) in [6.45, 7) is 3.76. The van der Waals surface area contributed by atoms with Crippen LogP contribution in [0.1, 0.15) is 24.0 Å². The van der Waals surface area contributed by atoms with E-state index in [1.165, 1.54) is 18.4 Å². The fourth-order valence-corrected chi connectivity index (χ4v) is 2.68. The number of halogens is 1. The third-order valence-corrected chi connectivity index (χ3v) is 3.91. The van der Waals surface area contributed by atoms with E-state index in [9.17, 15) is 4.79 Å². The van der Waals surface area contributed by atoms with Gasteiger partial charge in [0.1, 0.15) is 0 Å². The van der Waals surface area contributed by atoms with Crippen LogP contribution < -0.4 is 0 Å². The van der Waals surface area contributed by atoms with Gasteiger partial charge < -0.3 is 5.11 Å². The third kappa shape index (κ3) is 4.10. The molecule has 0 amide bonds. The number of carboxylic acids is 1. The van der Waals surface area contributed by atoms with E-state index in [1.54, 1.807) is 0 Å². The van der Waals surface area contributed by atoms with Crippen molar-refractivity contribution in [3.63, 3.8) is 0 Å². The summed E-state index contributed by atoms with van der Waals surface area (Å²) in [5, 5.41) is 8.96. The molecule has 0 aliphatic heterocycles. The van der Waals surface area contributed by atoms with E-state index in [0.29, 0.717) is 12.5 Å². The lowest BCUT2D eigenvalue weighted by Gasteiger charge is -2.21. The van der Waals surface area contributed by atoms with Crippen molar-refractivity contribution in [3.05, 3.63) is 33.8 Å². The number of hydrogen-bond donors (Lipinski definition) is 1. The Labute approximate surface area is 116 Å². The molecular weight excluding hydrogens is 294 g/mol. The molecule has 0 saturated heterocycles. The highest BCUT2D eigenvalue weighted by Crippen LogP contribution is 2.30. The second-order valence-corrected chi connectivity index (χ2v) is 5.96. The normalized spacial score (nSPS) is 15.1. The third-order valence-electron chi connectivity index (χ3n) is 3.17. The molecule has 1 aromatic rings. The van der Waals surface area contributed by atoms with Crippen LogP contribution in [0.3, 0.4) is 0 Å². The van der Waals surface area contributed by atoms with Gasteiger partial charge in [-0.05, 0) is 42.9 Å². The highest BCUT2D eigenvalue weighted by atomic mass is 79.9. The number of carboxylic acid groups (broad SMARTS) is 1. The van der Waals surface area contributed by atoms with E-state index in [4.69, 9.17) is 5.11 Å². The summed E-state index contributed by atoms with van der Waals surface area (Å²) in [4.78, 5) is 12.9. The van der Waals surface area contributed by atoms with Gasteiger partial charge in [-0.3, -0.25) is 9.69 Å². The van der Waals surface area contributed by atoms with Crippen LogP contribution in [0.4, 0.5) is 0 Å². The van der Waals surface area contributed by atoms with Crippen LogP contribution in [0.2, 0.25) is 0 Å². The van der Waals surface area contributed by atoms with Gasteiger partial charge in [-0.15, -0.1) is 0 Å². The molecule has 0 heterocycles. The van der Waals surface area contributed by atoms with Crippen LogP contribution in [0.25, 0.3) is 0 Å². The quantitative estimate of drug-likeness (QED) is 0.878. The van der Waals surface area contributed by atoms with Crippen molar-refractivity contribution in [2.24, 2.45) is 5.92 Å². The second-order valence-electron chi connectivity index (χ2n) is 5.10. The molecule has 1 N–H and O–H groups in total. The summed E-state index contributed by atoms with van der Waals surface area (Å²) < 4.78 is 1.06. The van der Waals surface area contributed by atoms with Gasteiger partial charge in [0.15, 0.2) is 0 Å². The van der Waals surface area contributed by atoms with E-state index in [1.807, 2.05) is 11.8 Å². The topological polar surface area (TPSA) is 40.5 Å². The summed E-state index contributed by atoms with van der Waals surface area (Å²) in [5.41, 5.74) is 2.36. The smallest absolute Gasteiger partial charge is 0.317 e. The zero-order chi connectivity index (χ0) is 13.1. The highest BCUT2D eigenvalue weighted by molar-refractivity contribution is 9.10. The van der Waals surface area contributed by atoms with E-state index >= 15 is 0 Å². The maximum Gasteiger partial charge on any atom is 0.317 e. The van der Waals surface area contributed by atoms with Gasteiger partial charge >= 0.3 is 5.97 Å². The molecule has 0 atom stereocenters. The molecule has 0 unspecified atom stereocenters. The molecule has 0 spiro atoms. The molecule has 1 saturated carbocycles. The van der Waals surface area contributed by atoms with Crippen LogP contribution in [-0.4, -0.2) is 29.1 Å². The standard InChI is InChI=1S/C14H18BrNO2/c1-10-2-5-12(13(15)6-10)8-16(9-14(17)18)7-11-3-4-11/h2,5-6,11H,3-4,7-9H2,1H3,(H,17,18). The zero-order valence-corrected chi connectivity index (χ0v) is 12.1. The summed E-state index contributed by atoms with van der Waals surface area (Å²) in [6, 6.07) is 6.21. The average molecular weight is 312 g/mol. The first kappa shape index (κ1) is 13.6. The first-order valence-corrected chi connectivity index (χ1v) is 7.03. The molecule has 2 rings (SSSR count). The first-order valence-electron chi connectivity index (χ1n) is 6.24. The number of rotatable bonds is 6. The first-order chi connectivity index (χ1) is 8.54. The second kappa shape index (κ2) is 5.85. The van der Waals surface area contributed by atoms with Crippen molar-refractivity contribution >= 4 is 21.9 Å². The van der Waals surface area contributed by atoms with Gasteiger partial charge in [-0.2, -0.15) is 0 Å². The minimum Gasteiger partial charge on any atom is -0.480 e. The predicted molar refractivity (Wildman–Crippen MR) is 74.5 cm³/mol. The van der Waals surface area contributed by atoms with Gasteiger partial charge in [0.05, 0.1) is 6.54 Å². The lowest BCUT2D eigenvalue weighted by Crippen LogP contribution is -2.31. The largest absolute Gasteiger partial charge is 0.480 e. The molecule has 0 bridgehead atoms. The van der Waals surface area contributed by atoms with Crippen molar-refractivity contribution in [1.82, 2.24) is 4.90 Å². The van der Waals surface area contributed by atoms with Crippen molar-refractivity contribution in [3.8, 4) is 0 Å². The minimum absolute atomic E-state index is 0.122. The van der Waals surface area contributed by atoms with Gasteiger partial charge in [0.25, 0.3) is 0 Å². The number of aryl methyl sites for hydroxylation is 1. The molecule has 98 valence electrons. The summed E-state index contributed by atoms with van der Waals surface area (Å²) in [6.07, 6.45) is 2.48. The van der Waals surface area contributed by atoms with Gasteiger partial charge in [-0.1, -0.05) is 28.1 Å². The Morgan fingerprint density at radius 2 is 2.22 bits per heavy atom. The van der Waals surface area contributed by atoms with Crippen LogP contribution in [0, 0.1) is 12.8 Å². The fraction of sp³-hybridized carbons (Fsp3) is 0.500. The van der Waals surface area contributed by atoms with Gasteiger partial charge in [0, 0.05) is 17.6 Å². The molecule has 1 aliphatic rings. The highest BCUT2D eigenvalue weighted by Gasteiger charge is 2.25. The number of carbonyl (C=O) groups is 1. The number of benzene rings is 1. The Morgan fingerprint density at radius 1 is 1.50 bits per heavy atom. The Kier molecular flexibility index (Phi) is 4.40. The minimum atomic E-state index is -0.751. The molecule has 0 aromatic heterocycles. The van der Waals surface area contributed by atoms with Crippen molar-refractivity contribution < 1.29 is 9.90 Å². The van der Waals surface area contributed by atoms with E-state index in [-0.39, 0.29) is 6.54 Å². The van der Waals surface area contributed by atoms with E-state index in [0.717, 1.165) is 16.6 Å². The molecule has 3 nitrogen and oxygen atoms in total. The van der Waals surface area contributed by atoms with Crippen molar-refractivity contribution in [2.75, 3.05) is 13.1 Å². The Bertz CT molecular complexity index is 443. The summed E-state index contributed by atoms with van der Waals surface area (Å²) in [5.74, 6) is -0.0487. The van der Waals surface area contributed by atoms with Crippen molar-refractivity contribution in [2.45, 2.75) is 26.3 Å². The monoisotopic (exact) mass is 311 g/mol. The van der Waals surface area contributed by atoms with E-state index < -0.39 is 5.97 Å². The molecule has 18 heavy (non-hydrogen) atoms. The lowest BCUT2D eigenvalue weighted by molar-refractivity contribution is -0.138. The van der Waals surface area contributed by atoms with Crippen LogP contribution in [-0.2, 0) is 11.3 Å². The Balaban J connectivity index is 2.03. The molecule has 4 heteroatoms. The molecule has 1 aliphatic carbocycles. The van der Waals surface area contributed by atoms with Crippen molar-refractivity contribution in [1.29, 1.82) is 0 Å². The maximum absolute atomic E-state index is 10.9. The summed E-state index contributed by atoms with van der Waals surface area (Å²) >= 11 is 3.55. The van der Waals surface area contributed by atoms with Crippen LogP contribution in [0.15, 0.2) is 22.7 Å². The lowest BCUT2D eigenvalue weighted by atomic mass is 10.1. The zero-order valence-electron chi connectivity index (χ0n) is 10.5. The number of nitrogens with zero attached hydrogens (tertiary/aromatic N) is 1. The van der Waals surface area contributed by atoms with Crippen LogP contribution in [0.5, 0.6) is 0 Å². The van der Waals surface area contributed by atoms with Crippen LogP contribution >= 0.6 is 15.9 Å². The predicted octanol–water partition coefficient (Wildman–Crippen LogP) is 3.05. The number of aliphatic carboxylic acids is 1.